The molecule has 0 aliphatic rings. The van der Waals surface area contributed by atoms with Crippen LogP contribution in [0.25, 0.3) is 16.3 Å². The SMILES string of the molecule is Cc1ccccc1C(=O)NNC(=O)c1cn(-c2ccccc2)nc1-c1cccs1. The Kier molecular flexibility index (Phi) is 5.22. The number of nitrogens with one attached hydrogen (secondary N) is 2. The van der Waals surface area contributed by atoms with Gasteiger partial charge in [-0.05, 0) is 42.1 Å². The Bertz CT molecular complexity index is 1150. The number of para-hydroxylation sites is 1. The normalized spacial score (nSPS) is 10.5. The summed E-state index contributed by atoms with van der Waals surface area (Å²) in [7, 11) is 0. The maximum atomic E-state index is 12.9. The molecule has 0 saturated heterocycles. The minimum absolute atomic E-state index is 0.371. The van der Waals surface area contributed by atoms with Crippen molar-refractivity contribution >= 4 is 23.2 Å². The van der Waals surface area contributed by atoms with Gasteiger partial charge in [-0.3, -0.25) is 20.4 Å². The van der Waals surface area contributed by atoms with Crippen LogP contribution in [-0.4, -0.2) is 21.6 Å². The van der Waals surface area contributed by atoms with Crippen LogP contribution < -0.4 is 10.9 Å². The fourth-order valence-electron chi connectivity index (χ4n) is 2.92. The van der Waals surface area contributed by atoms with Gasteiger partial charge < -0.3 is 0 Å². The van der Waals surface area contributed by atoms with Crippen molar-refractivity contribution in [3.63, 3.8) is 0 Å². The lowest BCUT2D eigenvalue weighted by Crippen LogP contribution is -2.41. The number of hydrogen-bond acceptors (Lipinski definition) is 4. The van der Waals surface area contributed by atoms with Crippen LogP contribution in [0.1, 0.15) is 26.3 Å². The number of nitrogens with zero attached hydrogens (tertiary/aromatic N) is 2. The predicted octanol–water partition coefficient (Wildman–Crippen LogP) is 3.98. The van der Waals surface area contributed by atoms with Gasteiger partial charge in [0.05, 0.1) is 16.1 Å². The van der Waals surface area contributed by atoms with Gasteiger partial charge in [0.15, 0.2) is 0 Å². The first-order valence-corrected chi connectivity index (χ1v) is 9.87. The molecule has 0 atom stereocenters. The van der Waals surface area contributed by atoms with Crippen LogP contribution in [0.4, 0.5) is 0 Å². The van der Waals surface area contributed by atoms with Crippen molar-refractivity contribution in [2.24, 2.45) is 0 Å². The van der Waals surface area contributed by atoms with Gasteiger partial charge >= 0.3 is 0 Å². The Morgan fingerprint density at radius 2 is 1.55 bits per heavy atom. The molecule has 7 heteroatoms. The number of hydrazine groups is 1. The quantitative estimate of drug-likeness (QED) is 0.507. The highest BCUT2D eigenvalue weighted by molar-refractivity contribution is 7.13. The van der Waals surface area contributed by atoms with Gasteiger partial charge in [0.2, 0.25) is 0 Å². The molecule has 4 rings (SSSR count). The fourth-order valence-corrected chi connectivity index (χ4v) is 3.65. The Labute approximate surface area is 171 Å². The molecule has 29 heavy (non-hydrogen) atoms. The van der Waals surface area contributed by atoms with Gasteiger partial charge in [0, 0.05) is 11.8 Å². The molecule has 0 radical (unpaired) electrons. The first-order valence-electron chi connectivity index (χ1n) is 8.99. The van der Waals surface area contributed by atoms with Crippen LogP contribution in [0, 0.1) is 6.92 Å². The van der Waals surface area contributed by atoms with Crippen molar-refractivity contribution in [3.05, 3.63) is 95.0 Å². The van der Waals surface area contributed by atoms with Crippen LogP contribution in [-0.2, 0) is 0 Å². The van der Waals surface area contributed by atoms with Crippen LogP contribution in [0.3, 0.4) is 0 Å². The largest absolute Gasteiger partial charge is 0.273 e. The lowest BCUT2D eigenvalue weighted by Gasteiger charge is -2.08. The van der Waals surface area contributed by atoms with Gasteiger partial charge in [-0.2, -0.15) is 5.10 Å². The standard InChI is InChI=1S/C22H18N4O2S/c1-15-8-5-6-11-17(15)21(27)23-24-22(28)18-14-26(16-9-3-2-4-10-16)25-20(18)19-12-7-13-29-19/h2-14H,1H3,(H,23,27)(H,24,28). The van der Waals surface area contributed by atoms with Crippen molar-refractivity contribution in [1.29, 1.82) is 0 Å². The molecule has 144 valence electrons. The summed E-state index contributed by atoms with van der Waals surface area (Å²) in [6.07, 6.45) is 1.67. The van der Waals surface area contributed by atoms with E-state index in [0.29, 0.717) is 16.8 Å². The zero-order valence-electron chi connectivity index (χ0n) is 15.6. The van der Waals surface area contributed by atoms with Crippen LogP contribution >= 0.6 is 11.3 Å². The number of amides is 2. The van der Waals surface area contributed by atoms with Crippen LogP contribution in [0.2, 0.25) is 0 Å². The summed E-state index contributed by atoms with van der Waals surface area (Å²) >= 11 is 1.50. The molecule has 0 bridgehead atoms. The molecule has 0 aliphatic carbocycles. The summed E-state index contributed by atoms with van der Waals surface area (Å²) in [5.74, 6) is -0.804. The highest BCUT2D eigenvalue weighted by Gasteiger charge is 2.20. The van der Waals surface area contributed by atoms with E-state index in [4.69, 9.17) is 0 Å². The van der Waals surface area contributed by atoms with E-state index in [1.807, 2.05) is 66.9 Å². The number of carbonyl (C=O) groups is 2. The average molecular weight is 402 g/mol. The molecule has 0 unspecified atom stereocenters. The number of benzene rings is 2. The Morgan fingerprint density at radius 3 is 2.24 bits per heavy atom. The van der Waals surface area contributed by atoms with Crippen molar-refractivity contribution < 1.29 is 9.59 Å². The van der Waals surface area contributed by atoms with E-state index in [-0.39, 0.29) is 5.91 Å². The molecule has 2 aromatic carbocycles. The molecule has 2 amide bonds. The maximum absolute atomic E-state index is 12.9. The summed E-state index contributed by atoms with van der Waals surface area (Å²) in [5, 5.41) is 6.53. The second-order valence-electron chi connectivity index (χ2n) is 6.37. The maximum Gasteiger partial charge on any atom is 0.273 e. The fraction of sp³-hybridized carbons (Fsp3) is 0.0455. The highest BCUT2D eigenvalue weighted by Crippen LogP contribution is 2.27. The lowest BCUT2D eigenvalue weighted by molar-refractivity contribution is 0.0846. The summed E-state index contributed by atoms with van der Waals surface area (Å²) in [6.45, 7) is 1.84. The lowest BCUT2D eigenvalue weighted by atomic mass is 10.1. The minimum Gasteiger partial charge on any atom is -0.267 e. The number of carbonyl (C=O) groups excluding carboxylic acids is 2. The first kappa shape index (κ1) is 18.6. The van der Waals surface area contributed by atoms with E-state index in [1.165, 1.54) is 11.3 Å². The number of rotatable bonds is 4. The van der Waals surface area contributed by atoms with Gasteiger partial charge in [0.1, 0.15) is 5.69 Å². The summed E-state index contributed by atoms with van der Waals surface area (Å²) < 4.78 is 1.66. The molecule has 0 saturated carbocycles. The van der Waals surface area contributed by atoms with Gasteiger partial charge in [-0.1, -0.05) is 42.5 Å². The van der Waals surface area contributed by atoms with Gasteiger partial charge in [-0.25, -0.2) is 4.68 Å². The number of hydrogen-bond donors (Lipinski definition) is 2. The third-order valence-corrected chi connectivity index (χ3v) is 5.29. The summed E-state index contributed by atoms with van der Waals surface area (Å²) in [4.78, 5) is 26.1. The monoisotopic (exact) mass is 402 g/mol. The smallest absolute Gasteiger partial charge is 0.267 e. The van der Waals surface area contributed by atoms with E-state index in [0.717, 1.165) is 16.1 Å². The summed E-state index contributed by atoms with van der Waals surface area (Å²) in [5.41, 5.74) is 8.11. The van der Waals surface area contributed by atoms with Crippen molar-refractivity contribution in [1.82, 2.24) is 20.6 Å². The van der Waals surface area contributed by atoms with Crippen molar-refractivity contribution in [3.8, 4) is 16.3 Å². The van der Waals surface area contributed by atoms with Gasteiger partial charge in [0.25, 0.3) is 11.8 Å². The van der Waals surface area contributed by atoms with E-state index >= 15 is 0 Å². The molecule has 2 heterocycles. The third-order valence-electron chi connectivity index (χ3n) is 4.41. The molecule has 4 aromatic rings. The number of aromatic nitrogens is 2. The molecule has 0 fully saturated rings. The molecule has 0 aliphatic heterocycles. The second-order valence-corrected chi connectivity index (χ2v) is 7.32. The van der Waals surface area contributed by atoms with Crippen LogP contribution in [0.5, 0.6) is 0 Å². The van der Waals surface area contributed by atoms with E-state index < -0.39 is 5.91 Å². The topological polar surface area (TPSA) is 76.0 Å². The van der Waals surface area contributed by atoms with E-state index in [1.54, 1.807) is 23.0 Å². The minimum atomic E-state index is -0.433. The van der Waals surface area contributed by atoms with E-state index in [2.05, 4.69) is 16.0 Å². The average Bonchev–Trinajstić information content (AvgIpc) is 3.42. The molecule has 2 N–H and O–H groups in total. The second kappa shape index (κ2) is 8.12. The highest BCUT2D eigenvalue weighted by atomic mass is 32.1. The van der Waals surface area contributed by atoms with Crippen LogP contribution in [0.15, 0.2) is 78.3 Å². The molecular formula is C22H18N4O2S. The third kappa shape index (κ3) is 3.95. The predicted molar refractivity (Wildman–Crippen MR) is 113 cm³/mol. The van der Waals surface area contributed by atoms with Gasteiger partial charge in [-0.15, -0.1) is 11.3 Å². The Morgan fingerprint density at radius 1 is 0.862 bits per heavy atom. The molecule has 2 aromatic heterocycles. The first-order chi connectivity index (χ1) is 14.1. The number of aryl methyl sites for hydroxylation is 1. The Hall–Kier alpha value is -3.71. The molecular weight excluding hydrogens is 384 g/mol. The van der Waals surface area contributed by atoms with Crippen molar-refractivity contribution in [2.45, 2.75) is 6.92 Å². The summed E-state index contributed by atoms with van der Waals surface area (Å²) in [6, 6.07) is 20.6. The van der Waals surface area contributed by atoms with Crippen molar-refractivity contribution in [2.75, 3.05) is 0 Å². The molecule has 0 spiro atoms. The zero-order valence-corrected chi connectivity index (χ0v) is 16.4. The number of thiophene rings is 1. The zero-order chi connectivity index (χ0) is 20.2. The molecule has 6 nitrogen and oxygen atoms in total. The van der Waals surface area contributed by atoms with E-state index in [9.17, 15) is 9.59 Å². The Balaban J connectivity index is 1.60.